The molecule has 6 heteroatoms. The standard InChI is InChI=1S/C19H19NO5/c1-12-4-6-13(7-5-12)20-19(23)17(22)11-16(21)15-10-14(24-2)8-9-18(15)25-3/h4-11,21H,1-3H3,(H,20,23). The summed E-state index contributed by atoms with van der Waals surface area (Å²) in [5.74, 6) is -1.30. The van der Waals surface area contributed by atoms with E-state index in [0.717, 1.165) is 11.6 Å². The summed E-state index contributed by atoms with van der Waals surface area (Å²) in [6.45, 7) is 1.92. The first-order valence-corrected chi connectivity index (χ1v) is 7.49. The minimum absolute atomic E-state index is 0.248. The maximum absolute atomic E-state index is 12.0. The first-order valence-electron chi connectivity index (χ1n) is 7.49. The number of carbonyl (C=O) groups excluding carboxylic acids is 2. The molecule has 2 aromatic rings. The van der Waals surface area contributed by atoms with E-state index in [1.807, 2.05) is 19.1 Å². The topological polar surface area (TPSA) is 84.9 Å². The third kappa shape index (κ3) is 4.60. The molecule has 6 nitrogen and oxygen atoms in total. The van der Waals surface area contributed by atoms with Gasteiger partial charge < -0.3 is 19.9 Å². The van der Waals surface area contributed by atoms with Gasteiger partial charge in [-0.3, -0.25) is 9.59 Å². The second-order valence-corrected chi connectivity index (χ2v) is 5.28. The largest absolute Gasteiger partial charge is 0.507 e. The summed E-state index contributed by atoms with van der Waals surface area (Å²) in [5.41, 5.74) is 1.78. The summed E-state index contributed by atoms with van der Waals surface area (Å²) in [4.78, 5) is 24.0. The van der Waals surface area contributed by atoms with E-state index in [1.165, 1.54) is 20.3 Å². The normalized spacial score (nSPS) is 10.9. The van der Waals surface area contributed by atoms with Gasteiger partial charge in [-0.2, -0.15) is 0 Å². The Bertz CT molecular complexity index is 809. The van der Waals surface area contributed by atoms with Gasteiger partial charge in [0, 0.05) is 11.8 Å². The number of anilines is 1. The molecule has 0 aliphatic heterocycles. The van der Waals surface area contributed by atoms with Crippen molar-refractivity contribution in [3.63, 3.8) is 0 Å². The lowest BCUT2D eigenvalue weighted by molar-refractivity contribution is -0.131. The molecular formula is C19H19NO5. The molecule has 0 aromatic heterocycles. The molecule has 0 fully saturated rings. The van der Waals surface area contributed by atoms with Gasteiger partial charge in [0.25, 0.3) is 5.91 Å². The van der Waals surface area contributed by atoms with Gasteiger partial charge in [0.1, 0.15) is 17.3 Å². The third-order valence-electron chi connectivity index (χ3n) is 3.48. The lowest BCUT2D eigenvalue weighted by atomic mass is 10.1. The Balaban J connectivity index is 2.19. The van der Waals surface area contributed by atoms with E-state index in [-0.39, 0.29) is 11.3 Å². The van der Waals surface area contributed by atoms with Crippen LogP contribution in [0.15, 0.2) is 48.5 Å². The lowest BCUT2D eigenvalue weighted by Gasteiger charge is -2.09. The molecular weight excluding hydrogens is 322 g/mol. The highest BCUT2D eigenvalue weighted by atomic mass is 16.5. The summed E-state index contributed by atoms with van der Waals surface area (Å²) in [6, 6.07) is 11.8. The fourth-order valence-electron chi connectivity index (χ4n) is 2.11. The predicted molar refractivity (Wildman–Crippen MR) is 95.0 cm³/mol. The van der Waals surface area contributed by atoms with E-state index in [1.54, 1.807) is 24.3 Å². The Labute approximate surface area is 145 Å². The quantitative estimate of drug-likeness (QED) is 0.479. The third-order valence-corrected chi connectivity index (χ3v) is 3.48. The number of hydrogen-bond donors (Lipinski definition) is 2. The van der Waals surface area contributed by atoms with Gasteiger partial charge in [0.2, 0.25) is 5.78 Å². The van der Waals surface area contributed by atoms with Crippen LogP contribution in [0.4, 0.5) is 5.69 Å². The fourth-order valence-corrected chi connectivity index (χ4v) is 2.11. The Morgan fingerprint density at radius 1 is 1.04 bits per heavy atom. The smallest absolute Gasteiger partial charge is 0.296 e. The van der Waals surface area contributed by atoms with E-state index in [0.29, 0.717) is 17.2 Å². The number of aliphatic hydroxyl groups excluding tert-OH is 1. The van der Waals surface area contributed by atoms with Crippen LogP contribution >= 0.6 is 0 Å². The molecule has 2 aromatic carbocycles. The zero-order chi connectivity index (χ0) is 18.4. The minimum Gasteiger partial charge on any atom is -0.507 e. The number of hydrogen-bond acceptors (Lipinski definition) is 5. The number of ether oxygens (including phenoxy) is 2. The van der Waals surface area contributed by atoms with Gasteiger partial charge in [0.15, 0.2) is 0 Å². The van der Waals surface area contributed by atoms with Crippen LogP contribution in [-0.4, -0.2) is 31.0 Å². The monoisotopic (exact) mass is 341 g/mol. The van der Waals surface area contributed by atoms with Gasteiger partial charge in [0.05, 0.1) is 19.8 Å². The number of nitrogens with one attached hydrogen (secondary N) is 1. The first-order chi connectivity index (χ1) is 11.9. The number of amides is 1. The van der Waals surface area contributed by atoms with Crippen LogP contribution in [0, 0.1) is 6.92 Å². The van der Waals surface area contributed by atoms with Crippen molar-refractivity contribution in [2.24, 2.45) is 0 Å². The predicted octanol–water partition coefficient (Wildman–Crippen LogP) is 3.12. The van der Waals surface area contributed by atoms with Gasteiger partial charge in [-0.15, -0.1) is 0 Å². The average Bonchev–Trinajstić information content (AvgIpc) is 2.62. The first kappa shape index (κ1) is 18.1. The molecule has 1 amide bonds. The van der Waals surface area contributed by atoms with Crippen LogP contribution in [0.5, 0.6) is 11.5 Å². The Hall–Kier alpha value is -3.28. The van der Waals surface area contributed by atoms with Gasteiger partial charge in [-0.25, -0.2) is 0 Å². The molecule has 2 rings (SSSR count). The fraction of sp³-hybridized carbons (Fsp3) is 0.158. The highest BCUT2D eigenvalue weighted by Gasteiger charge is 2.16. The molecule has 0 saturated carbocycles. The van der Waals surface area contributed by atoms with Gasteiger partial charge in [-0.05, 0) is 37.3 Å². The summed E-state index contributed by atoms with van der Waals surface area (Å²) >= 11 is 0. The molecule has 0 unspecified atom stereocenters. The molecule has 25 heavy (non-hydrogen) atoms. The molecule has 0 atom stereocenters. The SMILES string of the molecule is COc1ccc(OC)c(C(O)=CC(=O)C(=O)Nc2ccc(C)cc2)c1. The maximum Gasteiger partial charge on any atom is 0.296 e. The van der Waals surface area contributed by atoms with Crippen molar-refractivity contribution in [3.8, 4) is 11.5 Å². The van der Waals surface area contributed by atoms with Crippen molar-refractivity contribution in [3.05, 3.63) is 59.7 Å². The molecule has 0 spiro atoms. The summed E-state index contributed by atoms with van der Waals surface area (Å²) in [7, 11) is 2.91. The van der Waals surface area contributed by atoms with Crippen molar-refractivity contribution < 1.29 is 24.2 Å². The molecule has 2 N–H and O–H groups in total. The highest BCUT2D eigenvalue weighted by Crippen LogP contribution is 2.28. The van der Waals surface area contributed by atoms with Gasteiger partial charge in [-0.1, -0.05) is 17.7 Å². The molecule has 0 heterocycles. The van der Waals surface area contributed by atoms with E-state index < -0.39 is 11.7 Å². The Morgan fingerprint density at radius 2 is 1.72 bits per heavy atom. The number of carbonyl (C=O) groups is 2. The maximum atomic E-state index is 12.0. The molecule has 0 bridgehead atoms. The van der Waals surface area contributed by atoms with Crippen LogP contribution in [-0.2, 0) is 9.59 Å². The number of ketones is 1. The van der Waals surface area contributed by atoms with Crippen molar-refractivity contribution in [2.45, 2.75) is 6.92 Å². The van der Waals surface area contributed by atoms with Crippen LogP contribution < -0.4 is 14.8 Å². The van der Waals surface area contributed by atoms with E-state index in [2.05, 4.69) is 5.32 Å². The van der Waals surface area contributed by atoms with E-state index in [9.17, 15) is 14.7 Å². The van der Waals surface area contributed by atoms with Crippen molar-refractivity contribution in [2.75, 3.05) is 19.5 Å². The molecule has 0 radical (unpaired) electrons. The number of methoxy groups -OCH3 is 2. The second kappa shape index (κ2) is 8.01. The lowest BCUT2D eigenvalue weighted by Crippen LogP contribution is -2.21. The molecule has 0 aliphatic rings. The summed E-state index contributed by atoms with van der Waals surface area (Å²) in [5, 5.41) is 12.7. The molecule has 130 valence electrons. The summed E-state index contributed by atoms with van der Waals surface area (Å²) < 4.78 is 10.2. The average molecular weight is 341 g/mol. The number of benzene rings is 2. The zero-order valence-electron chi connectivity index (χ0n) is 14.2. The molecule has 0 saturated heterocycles. The van der Waals surface area contributed by atoms with Gasteiger partial charge >= 0.3 is 0 Å². The van der Waals surface area contributed by atoms with Crippen molar-refractivity contribution in [1.29, 1.82) is 0 Å². The van der Waals surface area contributed by atoms with E-state index >= 15 is 0 Å². The highest BCUT2D eigenvalue weighted by molar-refractivity contribution is 6.45. The number of aliphatic hydroxyl groups is 1. The van der Waals surface area contributed by atoms with Crippen molar-refractivity contribution >= 4 is 23.1 Å². The number of aryl methyl sites for hydroxylation is 1. The van der Waals surface area contributed by atoms with Crippen LogP contribution in [0.25, 0.3) is 5.76 Å². The van der Waals surface area contributed by atoms with Crippen molar-refractivity contribution in [1.82, 2.24) is 0 Å². The number of rotatable bonds is 6. The van der Waals surface area contributed by atoms with Crippen LogP contribution in [0.1, 0.15) is 11.1 Å². The zero-order valence-corrected chi connectivity index (χ0v) is 14.2. The minimum atomic E-state index is -0.886. The Morgan fingerprint density at radius 3 is 2.32 bits per heavy atom. The van der Waals surface area contributed by atoms with Crippen LogP contribution in [0.2, 0.25) is 0 Å². The molecule has 0 aliphatic carbocycles. The second-order valence-electron chi connectivity index (χ2n) is 5.28. The Kier molecular flexibility index (Phi) is 5.79. The van der Waals surface area contributed by atoms with Crippen LogP contribution in [0.3, 0.4) is 0 Å². The summed E-state index contributed by atoms with van der Waals surface area (Å²) in [6.07, 6.45) is 0.848. The van der Waals surface area contributed by atoms with E-state index in [4.69, 9.17) is 9.47 Å².